The monoisotopic (exact) mass is 423 g/mol. The van der Waals surface area contributed by atoms with Gasteiger partial charge in [-0.1, -0.05) is 13.0 Å². The largest absolute Gasteiger partial charge is 0.464 e. The molecule has 1 aromatic heterocycles. The zero-order valence-electron chi connectivity index (χ0n) is 14.4. The first kappa shape index (κ1) is 17.3. The number of nitrogens with zero attached hydrogens (tertiary/aromatic N) is 1. The fraction of sp³-hybridized carbons (Fsp3) is 0.474. The Hall–Kier alpha value is -1.11. The van der Waals surface area contributed by atoms with Gasteiger partial charge in [0.15, 0.2) is 0 Å². The second-order valence-corrected chi connectivity index (χ2v) is 10.1. The van der Waals surface area contributed by atoms with Crippen LogP contribution in [0, 0.1) is 12.8 Å². The van der Waals surface area contributed by atoms with E-state index in [9.17, 15) is 8.42 Å². The Morgan fingerprint density at radius 2 is 1.96 bits per heavy atom. The third-order valence-corrected chi connectivity index (χ3v) is 7.97. The molecule has 0 radical (unpaired) electrons. The van der Waals surface area contributed by atoms with Crippen molar-refractivity contribution in [2.24, 2.45) is 5.92 Å². The maximum Gasteiger partial charge on any atom is 0.244 e. The van der Waals surface area contributed by atoms with Gasteiger partial charge in [0.1, 0.15) is 11.5 Å². The minimum atomic E-state index is -3.56. The standard InChI is InChI=1S/C19H22BrNO3S/c1-12-3-8-19(17(20)9-12)25(22,23)21(14-4-5-14)11-15-6-7-18(24-15)16-10-13(16)2/h3,6-9,13-14,16H,4-5,10-11H2,1-2H3/t13-,16-/m0/s1. The molecule has 2 aliphatic carbocycles. The minimum absolute atomic E-state index is 0.0756. The number of sulfonamides is 1. The topological polar surface area (TPSA) is 50.5 Å². The summed E-state index contributed by atoms with van der Waals surface area (Å²) in [6.07, 6.45) is 2.99. The second-order valence-electron chi connectivity index (χ2n) is 7.34. The highest BCUT2D eigenvalue weighted by Crippen LogP contribution is 2.47. The van der Waals surface area contributed by atoms with Crippen LogP contribution in [0.1, 0.15) is 49.2 Å². The molecule has 25 heavy (non-hydrogen) atoms. The van der Waals surface area contributed by atoms with Gasteiger partial charge in [0.05, 0.1) is 11.4 Å². The summed E-state index contributed by atoms with van der Waals surface area (Å²) in [6, 6.07) is 9.37. The third kappa shape index (κ3) is 3.44. The van der Waals surface area contributed by atoms with Crippen LogP contribution in [-0.2, 0) is 16.6 Å². The molecule has 134 valence electrons. The Morgan fingerprint density at radius 1 is 1.24 bits per heavy atom. The summed E-state index contributed by atoms with van der Waals surface area (Å²) in [5.41, 5.74) is 1.03. The number of hydrogen-bond acceptors (Lipinski definition) is 3. The van der Waals surface area contributed by atoms with Crippen molar-refractivity contribution in [1.82, 2.24) is 4.31 Å². The molecule has 2 saturated carbocycles. The lowest BCUT2D eigenvalue weighted by Gasteiger charge is -2.21. The summed E-state index contributed by atoms with van der Waals surface area (Å²) >= 11 is 3.41. The normalized spacial score (nSPS) is 23.2. The van der Waals surface area contributed by atoms with E-state index in [4.69, 9.17) is 4.42 Å². The van der Waals surface area contributed by atoms with Gasteiger partial charge in [-0.15, -0.1) is 0 Å². The molecular formula is C19H22BrNO3S. The Morgan fingerprint density at radius 3 is 2.56 bits per heavy atom. The maximum atomic E-state index is 13.2. The SMILES string of the molecule is Cc1ccc(S(=O)(=O)N(Cc2ccc([C@H]3C[C@@H]3C)o2)C2CC2)c(Br)c1. The van der Waals surface area contributed by atoms with Gasteiger partial charge >= 0.3 is 0 Å². The maximum absolute atomic E-state index is 13.2. The summed E-state index contributed by atoms with van der Waals surface area (Å²) in [5, 5.41) is 0. The molecule has 1 heterocycles. The molecule has 0 spiro atoms. The number of rotatable bonds is 6. The van der Waals surface area contributed by atoms with Gasteiger partial charge in [0.25, 0.3) is 0 Å². The van der Waals surface area contributed by atoms with Crippen LogP contribution in [0.15, 0.2) is 44.1 Å². The van der Waals surface area contributed by atoms with Crippen LogP contribution in [0.4, 0.5) is 0 Å². The van der Waals surface area contributed by atoms with Crippen molar-refractivity contribution in [2.75, 3.05) is 0 Å². The number of hydrogen-bond donors (Lipinski definition) is 0. The summed E-state index contributed by atoms with van der Waals surface area (Å²) in [7, 11) is -3.56. The Bertz CT molecular complexity index is 901. The molecule has 0 aliphatic heterocycles. The van der Waals surface area contributed by atoms with Crippen LogP contribution in [-0.4, -0.2) is 18.8 Å². The molecule has 1 aromatic carbocycles. The Labute approximate surface area is 157 Å². The highest BCUT2D eigenvalue weighted by Gasteiger charge is 2.40. The summed E-state index contributed by atoms with van der Waals surface area (Å²) in [4.78, 5) is 0.326. The molecule has 0 unspecified atom stereocenters. The number of furan rings is 1. The van der Waals surface area contributed by atoms with Crippen molar-refractivity contribution < 1.29 is 12.8 Å². The highest BCUT2D eigenvalue weighted by molar-refractivity contribution is 9.10. The van der Waals surface area contributed by atoms with Crippen molar-refractivity contribution in [3.63, 3.8) is 0 Å². The second kappa shape index (κ2) is 6.25. The number of halogens is 1. The van der Waals surface area contributed by atoms with E-state index in [1.807, 2.05) is 31.2 Å². The molecule has 2 aromatic rings. The molecule has 0 amide bonds. The van der Waals surface area contributed by atoms with Crippen LogP contribution in [0.25, 0.3) is 0 Å². The molecular weight excluding hydrogens is 402 g/mol. The van der Waals surface area contributed by atoms with Crippen molar-refractivity contribution >= 4 is 26.0 Å². The lowest BCUT2D eigenvalue weighted by Crippen LogP contribution is -2.32. The van der Waals surface area contributed by atoms with Gasteiger partial charge in [0, 0.05) is 16.4 Å². The van der Waals surface area contributed by atoms with Gasteiger partial charge in [-0.3, -0.25) is 0 Å². The average molecular weight is 424 g/mol. The number of benzene rings is 1. The predicted molar refractivity (Wildman–Crippen MR) is 99.9 cm³/mol. The Balaban J connectivity index is 1.61. The lowest BCUT2D eigenvalue weighted by atomic mass is 10.2. The van der Waals surface area contributed by atoms with E-state index in [0.717, 1.165) is 36.3 Å². The zero-order valence-corrected chi connectivity index (χ0v) is 16.8. The van der Waals surface area contributed by atoms with Crippen LogP contribution in [0.2, 0.25) is 0 Å². The van der Waals surface area contributed by atoms with Crippen LogP contribution >= 0.6 is 15.9 Å². The minimum Gasteiger partial charge on any atom is -0.464 e. The molecule has 0 N–H and O–H groups in total. The van der Waals surface area contributed by atoms with E-state index in [1.54, 1.807) is 10.4 Å². The van der Waals surface area contributed by atoms with Crippen LogP contribution in [0.5, 0.6) is 0 Å². The lowest BCUT2D eigenvalue weighted by molar-refractivity contribution is 0.347. The predicted octanol–water partition coefficient (Wildman–Crippen LogP) is 4.83. The van der Waals surface area contributed by atoms with Gasteiger partial charge in [-0.05, 0) is 77.9 Å². The van der Waals surface area contributed by atoms with Gasteiger partial charge in [-0.25, -0.2) is 8.42 Å². The first-order valence-corrected chi connectivity index (χ1v) is 11.0. The van der Waals surface area contributed by atoms with Crippen molar-refractivity contribution in [1.29, 1.82) is 0 Å². The first-order chi connectivity index (χ1) is 11.9. The smallest absolute Gasteiger partial charge is 0.244 e. The van der Waals surface area contributed by atoms with Crippen molar-refractivity contribution in [3.05, 3.63) is 51.9 Å². The van der Waals surface area contributed by atoms with Crippen molar-refractivity contribution in [3.8, 4) is 0 Å². The fourth-order valence-electron chi connectivity index (χ4n) is 3.27. The molecule has 4 nitrogen and oxygen atoms in total. The van der Waals surface area contributed by atoms with Crippen molar-refractivity contribution in [2.45, 2.75) is 56.5 Å². The van der Waals surface area contributed by atoms with E-state index in [-0.39, 0.29) is 6.04 Å². The molecule has 2 aliphatic rings. The van der Waals surface area contributed by atoms with Gasteiger partial charge in [-0.2, -0.15) is 4.31 Å². The molecule has 2 fully saturated rings. The van der Waals surface area contributed by atoms with Gasteiger partial charge in [0.2, 0.25) is 10.0 Å². The van der Waals surface area contributed by atoms with E-state index in [2.05, 4.69) is 22.9 Å². The molecule has 2 atom stereocenters. The molecule has 0 saturated heterocycles. The molecule has 6 heteroatoms. The summed E-state index contributed by atoms with van der Waals surface area (Å²) in [6.45, 7) is 4.46. The summed E-state index contributed by atoms with van der Waals surface area (Å²) < 4.78 is 34.6. The van der Waals surface area contributed by atoms with Gasteiger partial charge < -0.3 is 4.42 Å². The Kier molecular flexibility index (Phi) is 4.33. The molecule has 0 bridgehead atoms. The first-order valence-electron chi connectivity index (χ1n) is 8.73. The van der Waals surface area contributed by atoms with E-state index in [0.29, 0.717) is 27.7 Å². The van der Waals surface area contributed by atoms with E-state index < -0.39 is 10.0 Å². The van der Waals surface area contributed by atoms with Crippen LogP contribution < -0.4 is 0 Å². The molecule has 4 rings (SSSR count). The third-order valence-electron chi connectivity index (χ3n) is 5.10. The average Bonchev–Trinajstić information content (AvgIpc) is 3.45. The van der Waals surface area contributed by atoms with E-state index in [1.165, 1.54) is 0 Å². The highest BCUT2D eigenvalue weighted by atomic mass is 79.9. The zero-order chi connectivity index (χ0) is 17.8. The van der Waals surface area contributed by atoms with Crippen LogP contribution in [0.3, 0.4) is 0 Å². The quantitative estimate of drug-likeness (QED) is 0.668. The van der Waals surface area contributed by atoms with E-state index >= 15 is 0 Å². The number of aryl methyl sites for hydroxylation is 1. The summed E-state index contributed by atoms with van der Waals surface area (Å²) in [5.74, 6) is 2.90. The fourth-order valence-corrected chi connectivity index (χ4v) is 6.07.